The molecule has 124 valence electrons. The number of nitrogens with zero attached hydrogens (tertiary/aromatic N) is 1. The molecule has 3 rings (SSSR count). The first-order valence-electron chi connectivity index (χ1n) is 7.44. The minimum atomic E-state index is -3.93. The number of amides is 2. The van der Waals surface area contributed by atoms with Gasteiger partial charge < -0.3 is 4.90 Å². The second-order valence-electron chi connectivity index (χ2n) is 5.52. The predicted octanol–water partition coefficient (Wildman–Crippen LogP) is 1.54. The van der Waals surface area contributed by atoms with E-state index in [1.54, 1.807) is 42.5 Å². The first-order chi connectivity index (χ1) is 11.5. The molecule has 1 N–H and O–H groups in total. The van der Waals surface area contributed by atoms with Crippen LogP contribution >= 0.6 is 0 Å². The Morgan fingerprint density at radius 3 is 2.21 bits per heavy atom. The number of nitrogens with one attached hydrogen (secondary N) is 1. The minimum Gasteiger partial charge on any atom is -0.312 e. The molecule has 1 unspecified atom stereocenters. The summed E-state index contributed by atoms with van der Waals surface area (Å²) in [5, 5.41) is 0. The molecule has 0 bridgehead atoms. The Hall–Kier alpha value is -2.67. The van der Waals surface area contributed by atoms with Gasteiger partial charge in [-0.25, -0.2) is 13.1 Å². The molecule has 1 heterocycles. The van der Waals surface area contributed by atoms with Crippen molar-refractivity contribution in [2.45, 2.75) is 11.3 Å². The number of benzene rings is 2. The van der Waals surface area contributed by atoms with E-state index in [1.165, 1.54) is 17.0 Å². The van der Waals surface area contributed by atoms with Gasteiger partial charge in [-0.3, -0.25) is 9.59 Å². The van der Waals surface area contributed by atoms with Crippen LogP contribution in [-0.4, -0.2) is 26.8 Å². The quantitative estimate of drug-likeness (QED) is 0.912. The molecular weight excluding hydrogens is 328 g/mol. The molecule has 24 heavy (non-hydrogen) atoms. The molecule has 7 heteroatoms. The lowest BCUT2D eigenvalue weighted by Gasteiger charge is -2.16. The van der Waals surface area contributed by atoms with Crippen molar-refractivity contribution in [1.82, 2.24) is 4.72 Å². The summed E-state index contributed by atoms with van der Waals surface area (Å²) in [5.74, 6) is -1.56. The number of hydrogen-bond acceptors (Lipinski definition) is 4. The molecule has 1 fully saturated rings. The van der Waals surface area contributed by atoms with Gasteiger partial charge in [-0.1, -0.05) is 36.4 Å². The van der Waals surface area contributed by atoms with Crippen molar-refractivity contribution in [2.75, 3.05) is 11.4 Å². The molecule has 0 aliphatic carbocycles. The van der Waals surface area contributed by atoms with E-state index in [0.717, 1.165) is 0 Å². The third-order valence-corrected chi connectivity index (χ3v) is 5.21. The SMILES string of the molecule is O=C(NS(=O)(=O)c1ccccc1)C1CC(=O)N(c2ccccc2)C1. The van der Waals surface area contributed by atoms with Crippen LogP contribution in [-0.2, 0) is 19.6 Å². The van der Waals surface area contributed by atoms with E-state index in [4.69, 9.17) is 0 Å². The van der Waals surface area contributed by atoms with E-state index in [-0.39, 0.29) is 23.8 Å². The number of carbonyl (C=O) groups excluding carboxylic acids is 2. The highest BCUT2D eigenvalue weighted by Crippen LogP contribution is 2.25. The van der Waals surface area contributed by atoms with Gasteiger partial charge in [0.25, 0.3) is 10.0 Å². The highest BCUT2D eigenvalue weighted by Gasteiger charge is 2.36. The molecule has 0 saturated carbocycles. The van der Waals surface area contributed by atoms with Crippen LogP contribution in [0.25, 0.3) is 0 Å². The third-order valence-electron chi connectivity index (χ3n) is 3.85. The largest absolute Gasteiger partial charge is 0.312 e. The van der Waals surface area contributed by atoms with Crippen LogP contribution in [0.2, 0.25) is 0 Å². The average Bonchev–Trinajstić information content (AvgIpc) is 2.98. The van der Waals surface area contributed by atoms with E-state index < -0.39 is 21.8 Å². The number of rotatable bonds is 4. The maximum Gasteiger partial charge on any atom is 0.264 e. The van der Waals surface area contributed by atoms with E-state index in [0.29, 0.717) is 5.69 Å². The lowest BCUT2D eigenvalue weighted by Crippen LogP contribution is -2.37. The van der Waals surface area contributed by atoms with Crippen molar-refractivity contribution >= 4 is 27.5 Å². The van der Waals surface area contributed by atoms with Crippen molar-refractivity contribution < 1.29 is 18.0 Å². The summed E-state index contributed by atoms with van der Waals surface area (Å²) in [7, 11) is -3.93. The molecule has 0 radical (unpaired) electrons. The third kappa shape index (κ3) is 3.30. The summed E-state index contributed by atoms with van der Waals surface area (Å²) >= 11 is 0. The van der Waals surface area contributed by atoms with Crippen LogP contribution in [0, 0.1) is 5.92 Å². The van der Waals surface area contributed by atoms with E-state index in [9.17, 15) is 18.0 Å². The lowest BCUT2D eigenvalue weighted by molar-refractivity contribution is -0.124. The maximum atomic E-state index is 12.3. The van der Waals surface area contributed by atoms with Crippen LogP contribution in [0.4, 0.5) is 5.69 Å². The normalized spacial score (nSPS) is 17.8. The topological polar surface area (TPSA) is 83.5 Å². The molecule has 0 aromatic heterocycles. The Labute approximate surface area is 140 Å². The summed E-state index contributed by atoms with van der Waals surface area (Å²) in [5.41, 5.74) is 0.698. The van der Waals surface area contributed by atoms with E-state index in [2.05, 4.69) is 4.72 Å². The molecule has 1 aliphatic rings. The van der Waals surface area contributed by atoms with E-state index in [1.807, 2.05) is 6.07 Å². The predicted molar refractivity (Wildman–Crippen MR) is 88.7 cm³/mol. The fraction of sp³-hybridized carbons (Fsp3) is 0.176. The zero-order valence-electron chi connectivity index (χ0n) is 12.8. The van der Waals surface area contributed by atoms with Gasteiger partial charge in [0, 0.05) is 18.7 Å². The summed E-state index contributed by atoms with van der Waals surface area (Å²) in [6.45, 7) is 0.166. The molecule has 2 aromatic rings. The van der Waals surface area contributed by atoms with Crippen LogP contribution in [0.5, 0.6) is 0 Å². The van der Waals surface area contributed by atoms with Crippen molar-refractivity contribution in [3.8, 4) is 0 Å². The number of para-hydroxylation sites is 1. The van der Waals surface area contributed by atoms with Crippen molar-refractivity contribution in [2.24, 2.45) is 5.92 Å². The van der Waals surface area contributed by atoms with Gasteiger partial charge in [0.2, 0.25) is 11.8 Å². The van der Waals surface area contributed by atoms with Gasteiger partial charge in [-0.05, 0) is 24.3 Å². The lowest BCUT2D eigenvalue weighted by atomic mass is 10.1. The smallest absolute Gasteiger partial charge is 0.264 e. The molecule has 6 nitrogen and oxygen atoms in total. The number of anilines is 1. The Kier molecular flexibility index (Phi) is 4.35. The van der Waals surface area contributed by atoms with Crippen LogP contribution in [0.3, 0.4) is 0 Å². The standard InChI is InChI=1S/C17H16N2O4S/c20-16-11-13(12-19(16)14-7-3-1-4-8-14)17(21)18-24(22,23)15-9-5-2-6-10-15/h1-10,13H,11-12H2,(H,18,21). The monoisotopic (exact) mass is 344 g/mol. The van der Waals surface area contributed by atoms with Gasteiger partial charge in [0.15, 0.2) is 0 Å². The Balaban J connectivity index is 1.72. The minimum absolute atomic E-state index is 0.00889. The van der Waals surface area contributed by atoms with Crippen molar-refractivity contribution in [1.29, 1.82) is 0 Å². The Morgan fingerprint density at radius 1 is 1.00 bits per heavy atom. The first-order valence-corrected chi connectivity index (χ1v) is 8.93. The molecule has 0 spiro atoms. The van der Waals surface area contributed by atoms with Gasteiger partial charge in [-0.2, -0.15) is 0 Å². The van der Waals surface area contributed by atoms with Crippen LogP contribution in [0.15, 0.2) is 65.6 Å². The van der Waals surface area contributed by atoms with Crippen molar-refractivity contribution in [3.63, 3.8) is 0 Å². The molecule has 1 aliphatic heterocycles. The summed E-state index contributed by atoms with van der Waals surface area (Å²) in [6, 6.07) is 16.7. The van der Waals surface area contributed by atoms with Gasteiger partial charge in [0.05, 0.1) is 10.8 Å². The number of hydrogen-bond donors (Lipinski definition) is 1. The van der Waals surface area contributed by atoms with Crippen LogP contribution in [0.1, 0.15) is 6.42 Å². The summed E-state index contributed by atoms with van der Waals surface area (Å²) in [6.07, 6.45) is -0.00889. The summed E-state index contributed by atoms with van der Waals surface area (Å²) in [4.78, 5) is 25.9. The number of sulfonamides is 1. The molecule has 1 saturated heterocycles. The van der Waals surface area contributed by atoms with Gasteiger partial charge in [0.1, 0.15) is 0 Å². The van der Waals surface area contributed by atoms with Crippen molar-refractivity contribution in [3.05, 3.63) is 60.7 Å². The van der Waals surface area contributed by atoms with Gasteiger partial charge >= 0.3 is 0 Å². The first kappa shape index (κ1) is 16.2. The highest BCUT2D eigenvalue weighted by molar-refractivity contribution is 7.90. The molecule has 1 atom stereocenters. The Bertz CT molecular complexity index is 851. The molecule has 2 aromatic carbocycles. The second-order valence-corrected chi connectivity index (χ2v) is 7.21. The molecular formula is C17H16N2O4S. The zero-order chi connectivity index (χ0) is 17.2. The average molecular weight is 344 g/mol. The Morgan fingerprint density at radius 2 is 1.58 bits per heavy atom. The number of carbonyl (C=O) groups is 2. The summed E-state index contributed by atoms with van der Waals surface area (Å²) < 4.78 is 26.5. The zero-order valence-corrected chi connectivity index (χ0v) is 13.6. The maximum absolute atomic E-state index is 12.3. The highest BCUT2D eigenvalue weighted by atomic mass is 32.2. The fourth-order valence-corrected chi connectivity index (χ4v) is 3.68. The fourth-order valence-electron chi connectivity index (χ4n) is 2.62. The van der Waals surface area contributed by atoms with Gasteiger partial charge in [-0.15, -0.1) is 0 Å². The second kappa shape index (κ2) is 6.45. The molecule has 2 amide bonds. The van der Waals surface area contributed by atoms with E-state index >= 15 is 0 Å². The van der Waals surface area contributed by atoms with Crippen LogP contribution < -0.4 is 9.62 Å².